The van der Waals surface area contributed by atoms with E-state index in [1.165, 1.54) is 29.5 Å². The molecule has 0 radical (unpaired) electrons. The predicted molar refractivity (Wildman–Crippen MR) is 119 cm³/mol. The number of allylic oxidation sites excluding steroid dienone is 3. The number of alkyl halides is 3. The van der Waals surface area contributed by atoms with Crippen LogP contribution in [0.15, 0.2) is 53.8 Å². The molecule has 32 heavy (non-hydrogen) atoms. The van der Waals surface area contributed by atoms with Gasteiger partial charge in [-0.25, -0.2) is 14.8 Å². The highest BCUT2D eigenvalue weighted by Crippen LogP contribution is 2.31. The van der Waals surface area contributed by atoms with Crippen molar-refractivity contribution < 1.29 is 22.7 Å². The molecule has 0 saturated carbocycles. The molecule has 0 aliphatic heterocycles. The number of nitrogens with one attached hydrogen (secondary N) is 1. The van der Waals surface area contributed by atoms with Crippen molar-refractivity contribution in [3.05, 3.63) is 64.9 Å². The number of ether oxygens (including phenoxy) is 1. The molecule has 1 aromatic carbocycles. The minimum Gasteiger partial charge on any atom is -0.462 e. The first kappa shape index (κ1) is 25.1. The molecule has 0 spiro atoms. The van der Waals surface area contributed by atoms with E-state index in [9.17, 15) is 18.0 Å². The van der Waals surface area contributed by atoms with Crippen molar-refractivity contribution in [2.75, 3.05) is 18.5 Å². The molecule has 0 aliphatic carbocycles. The normalized spacial score (nSPS) is 11.8. The number of nitrogens with zero attached hydrogens (tertiary/aromatic N) is 2. The number of aromatic nitrogens is 2. The third-order valence-corrected chi connectivity index (χ3v) is 4.54. The standard InChI is InChI=1S/C24H28F3N3O2/c1-5-32-23(31)20-15-29-21(18-10-7-11-19(14-18)24(25,26)27)30-22(20)28-13-12-17(4)9-6-8-16(2)3/h7-8,10-12,14-15H,5-6,9,13H2,1-4H3,(H,28,29,30). The van der Waals surface area contributed by atoms with Crippen LogP contribution in [0.5, 0.6) is 0 Å². The van der Waals surface area contributed by atoms with Gasteiger partial charge in [-0.2, -0.15) is 13.2 Å². The number of halogens is 3. The maximum absolute atomic E-state index is 13.1. The number of benzene rings is 1. The fourth-order valence-corrected chi connectivity index (χ4v) is 2.86. The van der Waals surface area contributed by atoms with Crippen molar-refractivity contribution in [3.63, 3.8) is 0 Å². The van der Waals surface area contributed by atoms with Gasteiger partial charge in [-0.05, 0) is 52.7 Å². The lowest BCUT2D eigenvalue weighted by Crippen LogP contribution is -2.13. The van der Waals surface area contributed by atoms with Gasteiger partial charge in [0.25, 0.3) is 0 Å². The molecule has 1 N–H and O–H groups in total. The predicted octanol–water partition coefficient (Wildman–Crippen LogP) is 6.44. The van der Waals surface area contributed by atoms with E-state index >= 15 is 0 Å². The van der Waals surface area contributed by atoms with E-state index in [-0.39, 0.29) is 29.4 Å². The minimum atomic E-state index is -4.48. The van der Waals surface area contributed by atoms with Crippen LogP contribution in [0.1, 0.15) is 56.5 Å². The molecule has 2 rings (SSSR count). The van der Waals surface area contributed by atoms with Gasteiger partial charge >= 0.3 is 12.1 Å². The van der Waals surface area contributed by atoms with E-state index in [0.29, 0.717) is 6.54 Å². The minimum absolute atomic E-state index is 0.0795. The maximum atomic E-state index is 13.1. The first-order valence-electron chi connectivity index (χ1n) is 10.4. The Bertz CT molecular complexity index is 994. The number of rotatable bonds is 9. The Morgan fingerprint density at radius 3 is 2.59 bits per heavy atom. The fraction of sp³-hybridized carbons (Fsp3) is 0.375. The summed E-state index contributed by atoms with van der Waals surface area (Å²) in [6.07, 6.45) is 2.78. The largest absolute Gasteiger partial charge is 0.462 e. The molecular formula is C24H28F3N3O2. The molecule has 0 aliphatic rings. The van der Waals surface area contributed by atoms with E-state index < -0.39 is 17.7 Å². The monoisotopic (exact) mass is 447 g/mol. The van der Waals surface area contributed by atoms with Gasteiger partial charge < -0.3 is 10.1 Å². The zero-order valence-corrected chi connectivity index (χ0v) is 18.7. The first-order chi connectivity index (χ1) is 15.1. The average Bonchev–Trinajstić information content (AvgIpc) is 2.73. The van der Waals surface area contributed by atoms with Crippen LogP contribution in [0.4, 0.5) is 19.0 Å². The van der Waals surface area contributed by atoms with Crippen LogP contribution < -0.4 is 5.32 Å². The molecule has 2 aromatic rings. The molecule has 1 heterocycles. The first-order valence-corrected chi connectivity index (χ1v) is 10.4. The summed E-state index contributed by atoms with van der Waals surface area (Å²) in [7, 11) is 0. The van der Waals surface area contributed by atoms with Crippen molar-refractivity contribution in [3.8, 4) is 11.4 Å². The summed E-state index contributed by atoms with van der Waals surface area (Å²) in [5.74, 6) is -0.315. The Morgan fingerprint density at radius 2 is 1.94 bits per heavy atom. The maximum Gasteiger partial charge on any atom is 0.416 e. The summed E-state index contributed by atoms with van der Waals surface area (Å²) in [4.78, 5) is 20.7. The summed E-state index contributed by atoms with van der Waals surface area (Å²) in [6.45, 7) is 8.37. The smallest absolute Gasteiger partial charge is 0.416 e. The molecule has 8 heteroatoms. The molecule has 0 unspecified atom stereocenters. The number of hydrogen-bond acceptors (Lipinski definition) is 5. The second kappa shape index (κ2) is 11.5. The Kier molecular flexibility index (Phi) is 8.99. The molecule has 0 amide bonds. The Labute approximate surface area is 186 Å². The lowest BCUT2D eigenvalue weighted by molar-refractivity contribution is -0.137. The summed E-state index contributed by atoms with van der Waals surface area (Å²) in [5.41, 5.74) is 1.96. The van der Waals surface area contributed by atoms with Crippen LogP contribution in [-0.4, -0.2) is 29.1 Å². The summed E-state index contributed by atoms with van der Waals surface area (Å²) < 4.78 is 44.3. The number of carbonyl (C=O) groups is 1. The van der Waals surface area contributed by atoms with Gasteiger partial charge in [0.2, 0.25) is 0 Å². The van der Waals surface area contributed by atoms with Crippen LogP contribution in [-0.2, 0) is 10.9 Å². The quantitative estimate of drug-likeness (QED) is 0.354. The molecule has 172 valence electrons. The van der Waals surface area contributed by atoms with Crippen LogP contribution in [0.3, 0.4) is 0 Å². The summed E-state index contributed by atoms with van der Waals surface area (Å²) in [5, 5.41) is 3.07. The molecule has 0 fully saturated rings. The Hall–Kier alpha value is -3.16. The highest BCUT2D eigenvalue weighted by Gasteiger charge is 2.30. The van der Waals surface area contributed by atoms with Gasteiger partial charge in [0.1, 0.15) is 11.4 Å². The van der Waals surface area contributed by atoms with Gasteiger partial charge in [-0.15, -0.1) is 0 Å². The lowest BCUT2D eigenvalue weighted by Gasteiger charge is -2.12. The van der Waals surface area contributed by atoms with Crippen molar-refractivity contribution in [2.45, 2.75) is 46.7 Å². The van der Waals surface area contributed by atoms with E-state index in [4.69, 9.17) is 4.74 Å². The van der Waals surface area contributed by atoms with Crippen molar-refractivity contribution in [1.82, 2.24) is 9.97 Å². The zero-order valence-electron chi connectivity index (χ0n) is 18.7. The molecule has 1 aromatic heterocycles. The second-order valence-corrected chi connectivity index (χ2v) is 7.51. The third-order valence-electron chi connectivity index (χ3n) is 4.54. The van der Waals surface area contributed by atoms with E-state index in [1.807, 2.05) is 13.0 Å². The van der Waals surface area contributed by atoms with Gasteiger partial charge in [-0.3, -0.25) is 0 Å². The zero-order chi connectivity index (χ0) is 23.7. The average molecular weight is 448 g/mol. The highest BCUT2D eigenvalue weighted by molar-refractivity contribution is 5.94. The van der Waals surface area contributed by atoms with Crippen molar-refractivity contribution in [2.24, 2.45) is 0 Å². The second-order valence-electron chi connectivity index (χ2n) is 7.51. The lowest BCUT2D eigenvalue weighted by atomic mass is 10.1. The van der Waals surface area contributed by atoms with Crippen molar-refractivity contribution in [1.29, 1.82) is 0 Å². The molecule has 0 atom stereocenters. The molecule has 0 bridgehead atoms. The van der Waals surface area contributed by atoms with Gasteiger partial charge in [-0.1, -0.05) is 35.4 Å². The van der Waals surface area contributed by atoms with E-state index in [1.54, 1.807) is 6.92 Å². The number of hydrogen-bond donors (Lipinski definition) is 1. The Morgan fingerprint density at radius 1 is 1.19 bits per heavy atom. The third kappa shape index (κ3) is 7.51. The Balaban J connectivity index is 2.29. The van der Waals surface area contributed by atoms with Crippen LogP contribution >= 0.6 is 0 Å². The van der Waals surface area contributed by atoms with Gasteiger partial charge in [0.15, 0.2) is 5.82 Å². The summed E-state index contributed by atoms with van der Waals surface area (Å²) >= 11 is 0. The van der Waals surface area contributed by atoms with E-state index in [2.05, 4.69) is 35.2 Å². The van der Waals surface area contributed by atoms with Crippen LogP contribution in [0, 0.1) is 0 Å². The SMILES string of the molecule is CCOC(=O)c1cnc(-c2cccc(C(F)(F)F)c2)nc1NCC=C(C)CCC=C(C)C. The number of anilines is 1. The molecule has 0 saturated heterocycles. The van der Waals surface area contributed by atoms with Gasteiger partial charge in [0, 0.05) is 18.3 Å². The topological polar surface area (TPSA) is 64.1 Å². The molecule has 5 nitrogen and oxygen atoms in total. The number of esters is 1. The summed E-state index contributed by atoms with van der Waals surface area (Å²) in [6, 6.07) is 4.76. The number of carbonyl (C=O) groups excluding carboxylic acids is 1. The highest BCUT2D eigenvalue weighted by atomic mass is 19.4. The fourth-order valence-electron chi connectivity index (χ4n) is 2.86. The molecular weight excluding hydrogens is 419 g/mol. The van der Waals surface area contributed by atoms with Gasteiger partial charge in [0.05, 0.1) is 12.2 Å². The van der Waals surface area contributed by atoms with E-state index in [0.717, 1.165) is 25.0 Å². The van der Waals surface area contributed by atoms with Crippen molar-refractivity contribution >= 4 is 11.8 Å². The van der Waals surface area contributed by atoms with Crippen LogP contribution in [0.25, 0.3) is 11.4 Å². The van der Waals surface area contributed by atoms with Crippen LogP contribution in [0.2, 0.25) is 0 Å².